The second kappa shape index (κ2) is 7.73. The molecule has 2 rings (SSSR count). The second-order valence-electron chi connectivity index (χ2n) is 5.75. The lowest BCUT2D eigenvalue weighted by Crippen LogP contribution is -2.37. The molecule has 0 aliphatic carbocycles. The van der Waals surface area contributed by atoms with Crippen molar-refractivity contribution in [3.63, 3.8) is 0 Å². The number of hydrogen-bond donors (Lipinski definition) is 0. The summed E-state index contributed by atoms with van der Waals surface area (Å²) in [5.74, 6) is -0.165. The molecule has 1 amide bonds. The van der Waals surface area contributed by atoms with Crippen molar-refractivity contribution in [3.8, 4) is 0 Å². The summed E-state index contributed by atoms with van der Waals surface area (Å²) >= 11 is 0. The van der Waals surface area contributed by atoms with Gasteiger partial charge in [0.05, 0.1) is 6.04 Å². The first kappa shape index (κ1) is 16.9. The minimum atomic E-state index is -0.267. The molecule has 0 fully saturated rings. The maximum atomic E-state index is 12.8. The van der Waals surface area contributed by atoms with Crippen molar-refractivity contribution in [1.29, 1.82) is 0 Å². The molecule has 2 atom stereocenters. The van der Waals surface area contributed by atoms with E-state index in [9.17, 15) is 9.59 Å². The van der Waals surface area contributed by atoms with E-state index in [4.69, 9.17) is 0 Å². The van der Waals surface area contributed by atoms with Gasteiger partial charge >= 0.3 is 0 Å². The Morgan fingerprint density at radius 1 is 0.957 bits per heavy atom. The number of Topliss-reactive ketones (excluding diaryl/α,β-unsaturated/α-hetero) is 1. The Kier molecular flexibility index (Phi) is 5.69. The highest BCUT2D eigenvalue weighted by molar-refractivity contribution is 5.94. The lowest BCUT2D eigenvalue weighted by molar-refractivity contribution is -0.123. The van der Waals surface area contributed by atoms with Gasteiger partial charge in [0.15, 0.2) is 0 Å². The molecule has 3 nitrogen and oxygen atoms in total. The molecule has 0 heterocycles. The zero-order valence-electron chi connectivity index (χ0n) is 13.9. The summed E-state index contributed by atoms with van der Waals surface area (Å²) in [6.45, 7) is 3.76. The molecule has 2 aromatic carbocycles. The monoisotopic (exact) mass is 309 g/mol. The standard InChI is InChI=1S/C20H23NO2/c1-4-18(22)15(2)19(16-11-7-5-8-12-16)21(3)20(23)17-13-9-6-10-14-17/h5-15,19H,4H2,1-3H3/t15-,19+/m0/s1. The van der Waals surface area contributed by atoms with Crippen LogP contribution in [0.15, 0.2) is 60.7 Å². The predicted octanol–water partition coefficient (Wildman–Crippen LogP) is 4.12. The second-order valence-corrected chi connectivity index (χ2v) is 5.75. The maximum absolute atomic E-state index is 12.8. The number of rotatable bonds is 6. The van der Waals surface area contributed by atoms with Crippen molar-refractivity contribution >= 4 is 11.7 Å². The van der Waals surface area contributed by atoms with Gasteiger partial charge in [0, 0.05) is 24.9 Å². The van der Waals surface area contributed by atoms with E-state index in [-0.39, 0.29) is 23.7 Å². The van der Waals surface area contributed by atoms with Gasteiger partial charge in [0.2, 0.25) is 0 Å². The Labute approximate surface area is 137 Å². The fourth-order valence-corrected chi connectivity index (χ4v) is 2.91. The average molecular weight is 309 g/mol. The fraction of sp³-hybridized carbons (Fsp3) is 0.300. The van der Waals surface area contributed by atoms with Gasteiger partial charge < -0.3 is 4.90 Å². The van der Waals surface area contributed by atoms with E-state index in [1.54, 1.807) is 24.1 Å². The predicted molar refractivity (Wildman–Crippen MR) is 92.2 cm³/mol. The van der Waals surface area contributed by atoms with Gasteiger partial charge in [-0.3, -0.25) is 9.59 Å². The molecule has 23 heavy (non-hydrogen) atoms. The fourth-order valence-electron chi connectivity index (χ4n) is 2.91. The number of amides is 1. The van der Waals surface area contributed by atoms with Gasteiger partial charge in [-0.25, -0.2) is 0 Å². The Balaban J connectivity index is 2.37. The molecule has 2 aromatic rings. The summed E-state index contributed by atoms with van der Waals surface area (Å²) < 4.78 is 0. The Morgan fingerprint density at radius 3 is 2.00 bits per heavy atom. The summed E-state index contributed by atoms with van der Waals surface area (Å²) in [6.07, 6.45) is 0.470. The zero-order chi connectivity index (χ0) is 16.8. The highest BCUT2D eigenvalue weighted by atomic mass is 16.2. The molecule has 0 saturated heterocycles. The van der Waals surface area contributed by atoms with Crippen LogP contribution in [0.25, 0.3) is 0 Å². The zero-order valence-corrected chi connectivity index (χ0v) is 13.9. The molecular weight excluding hydrogens is 286 g/mol. The lowest BCUT2D eigenvalue weighted by atomic mass is 9.88. The third kappa shape index (κ3) is 3.86. The van der Waals surface area contributed by atoms with E-state index in [2.05, 4.69) is 0 Å². The molecule has 0 N–H and O–H groups in total. The third-order valence-electron chi connectivity index (χ3n) is 4.23. The van der Waals surface area contributed by atoms with Crippen LogP contribution in [-0.2, 0) is 4.79 Å². The topological polar surface area (TPSA) is 37.4 Å². The van der Waals surface area contributed by atoms with E-state index < -0.39 is 0 Å². The summed E-state index contributed by atoms with van der Waals surface area (Å²) in [6, 6.07) is 18.7. The molecular formula is C20H23NO2. The van der Waals surface area contributed by atoms with Gasteiger partial charge in [0.1, 0.15) is 5.78 Å². The number of nitrogens with zero attached hydrogens (tertiary/aromatic N) is 1. The molecule has 0 spiro atoms. The number of carbonyl (C=O) groups excluding carboxylic acids is 2. The molecule has 3 heteroatoms. The van der Waals surface area contributed by atoms with Crippen LogP contribution in [0.5, 0.6) is 0 Å². The minimum Gasteiger partial charge on any atom is -0.334 e. The molecule has 120 valence electrons. The largest absolute Gasteiger partial charge is 0.334 e. The number of ketones is 1. The smallest absolute Gasteiger partial charge is 0.254 e. The van der Waals surface area contributed by atoms with Crippen molar-refractivity contribution in [2.45, 2.75) is 26.3 Å². The first-order valence-corrected chi connectivity index (χ1v) is 7.96. The SMILES string of the molecule is CCC(=O)[C@H](C)[C@H](c1ccccc1)N(C)C(=O)c1ccccc1. The van der Waals surface area contributed by atoms with Gasteiger partial charge in [-0.1, -0.05) is 62.4 Å². The summed E-state index contributed by atoms with van der Waals surface area (Å²) in [7, 11) is 1.77. The molecule has 0 aromatic heterocycles. The number of hydrogen-bond acceptors (Lipinski definition) is 2. The van der Waals surface area contributed by atoms with Crippen LogP contribution in [-0.4, -0.2) is 23.6 Å². The highest BCUT2D eigenvalue weighted by Gasteiger charge is 2.30. The van der Waals surface area contributed by atoms with E-state index >= 15 is 0 Å². The molecule has 0 aliphatic heterocycles. The van der Waals surface area contributed by atoms with Crippen LogP contribution in [0.1, 0.15) is 42.2 Å². The lowest BCUT2D eigenvalue weighted by Gasteiger charge is -2.32. The van der Waals surface area contributed by atoms with Crippen LogP contribution < -0.4 is 0 Å². The van der Waals surface area contributed by atoms with Crippen LogP contribution >= 0.6 is 0 Å². The quantitative estimate of drug-likeness (QED) is 0.805. The molecule has 0 bridgehead atoms. The number of carbonyl (C=O) groups is 2. The van der Waals surface area contributed by atoms with Crippen molar-refractivity contribution < 1.29 is 9.59 Å². The minimum absolute atomic E-state index is 0.0739. The van der Waals surface area contributed by atoms with Gasteiger partial charge in [-0.05, 0) is 17.7 Å². The molecule has 0 aliphatic rings. The van der Waals surface area contributed by atoms with Crippen molar-refractivity contribution in [3.05, 3.63) is 71.8 Å². The average Bonchev–Trinajstić information content (AvgIpc) is 2.62. The van der Waals surface area contributed by atoms with Crippen molar-refractivity contribution in [2.75, 3.05) is 7.05 Å². The van der Waals surface area contributed by atoms with Gasteiger partial charge in [-0.15, -0.1) is 0 Å². The van der Waals surface area contributed by atoms with Gasteiger partial charge in [0.25, 0.3) is 5.91 Å². The Bertz CT molecular complexity index is 652. The molecule has 0 unspecified atom stereocenters. The van der Waals surface area contributed by atoms with Crippen LogP contribution in [0, 0.1) is 5.92 Å². The normalized spacial score (nSPS) is 13.2. The molecule has 0 radical (unpaired) electrons. The van der Waals surface area contributed by atoms with Crippen molar-refractivity contribution in [1.82, 2.24) is 4.90 Å². The van der Waals surface area contributed by atoms with Crippen LogP contribution in [0.2, 0.25) is 0 Å². The Hall–Kier alpha value is -2.42. The Morgan fingerprint density at radius 2 is 1.48 bits per heavy atom. The summed E-state index contributed by atoms with van der Waals surface area (Å²) in [5, 5.41) is 0. The van der Waals surface area contributed by atoms with Crippen LogP contribution in [0.4, 0.5) is 0 Å². The van der Waals surface area contributed by atoms with E-state index in [0.29, 0.717) is 12.0 Å². The van der Waals surface area contributed by atoms with E-state index in [0.717, 1.165) is 5.56 Å². The van der Waals surface area contributed by atoms with Gasteiger partial charge in [-0.2, -0.15) is 0 Å². The first-order chi connectivity index (χ1) is 11.1. The third-order valence-corrected chi connectivity index (χ3v) is 4.23. The number of benzene rings is 2. The van der Waals surface area contributed by atoms with E-state index in [1.807, 2.05) is 62.4 Å². The highest BCUT2D eigenvalue weighted by Crippen LogP contribution is 2.30. The summed E-state index contributed by atoms with van der Waals surface area (Å²) in [4.78, 5) is 26.7. The first-order valence-electron chi connectivity index (χ1n) is 7.96. The van der Waals surface area contributed by atoms with E-state index in [1.165, 1.54) is 0 Å². The summed E-state index contributed by atoms with van der Waals surface area (Å²) in [5.41, 5.74) is 1.61. The van der Waals surface area contributed by atoms with Crippen molar-refractivity contribution in [2.24, 2.45) is 5.92 Å². The molecule has 0 saturated carbocycles. The maximum Gasteiger partial charge on any atom is 0.254 e. The van der Waals surface area contributed by atoms with Crippen LogP contribution in [0.3, 0.4) is 0 Å².